The van der Waals surface area contributed by atoms with E-state index in [1.54, 1.807) is 18.3 Å². The SMILES string of the molecule is CC(=O)Nc1ccc(-c2ccc3nc(-c4cccnc4N)n(-c4ccc(NC(=O)c5ccccc5)cc4)c3n2)cc1. The highest BCUT2D eigenvalue weighted by Crippen LogP contribution is 2.32. The second kappa shape index (κ2) is 10.7. The summed E-state index contributed by atoms with van der Waals surface area (Å²) in [5, 5.41) is 5.71. The molecule has 0 aliphatic carbocycles. The van der Waals surface area contributed by atoms with E-state index in [0.29, 0.717) is 45.3 Å². The van der Waals surface area contributed by atoms with E-state index in [2.05, 4.69) is 15.6 Å². The highest BCUT2D eigenvalue weighted by molar-refractivity contribution is 6.04. The van der Waals surface area contributed by atoms with Gasteiger partial charge in [-0.05, 0) is 72.8 Å². The zero-order valence-electron chi connectivity index (χ0n) is 22.1. The first-order valence-corrected chi connectivity index (χ1v) is 12.9. The van der Waals surface area contributed by atoms with Crippen LogP contribution in [0.15, 0.2) is 109 Å². The van der Waals surface area contributed by atoms with Crippen LogP contribution in [0.1, 0.15) is 17.3 Å². The second-order valence-corrected chi connectivity index (χ2v) is 9.37. The van der Waals surface area contributed by atoms with E-state index < -0.39 is 0 Å². The molecule has 6 rings (SSSR count). The number of carbonyl (C=O) groups excluding carboxylic acids is 2. The number of nitrogens with two attached hydrogens (primary N) is 1. The van der Waals surface area contributed by atoms with Gasteiger partial charge in [-0.1, -0.05) is 30.3 Å². The minimum Gasteiger partial charge on any atom is -0.383 e. The molecule has 0 fully saturated rings. The third-order valence-electron chi connectivity index (χ3n) is 6.50. The van der Waals surface area contributed by atoms with Crippen LogP contribution in [0.25, 0.3) is 39.5 Å². The third kappa shape index (κ3) is 5.24. The van der Waals surface area contributed by atoms with Crippen LogP contribution in [0.4, 0.5) is 17.2 Å². The van der Waals surface area contributed by atoms with Gasteiger partial charge in [0.05, 0.1) is 11.3 Å². The van der Waals surface area contributed by atoms with Gasteiger partial charge in [0.1, 0.15) is 11.3 Å². The number of nitrogen functional groups attached to an aromatic ring is 1. The standard InChI is InChI=1S/C32H25N7O2/c1-20(40)35-23-11-9-21(10-12-23)27-17-18-28-31(37-27)39(30(38-28)26-8-5-19-34-29(26)33)25-15-13-24(14-16-25)36-32(41)22-6-3-2-4-7-22/h2-19H,1H3,(H2,33,34)(H,35,40)(H,36,41). The van der Waals surface area contributed by atoms with Gasteiger partial charge in [0, 0.05) is 41.3 Å². The molecule has 0 aliphatic heterocycles. The van der Waals surface area contributed by atoms with Crippen molar-refractivity contribution in [2.45, 2.75) is 6.92 Å². The number of nitrogens with zero attached hydrogens (tertiary/aromatic N) is 4. The van der Waals surface area contributed by atoms with Crippen molar-refractivity contribution in [3.63, 3.8) is 0 Å². The summed E-state index contributed by atoms with van der Waals surface area (Å²) >= 11 is 0. The lowest BCUT2D eigenvalue weighted by molar-refractivity contribution is -0.114. The molecule has 9 heteroatoms. The maximum Gasteiger partial charge on any atom is 0.255 e. The largest absolute Gasteiger partial charge is 0.383 e. The summed E-state index contributed by atoms with van der Waals surface area (Å²) in [4.78, 5) is 38.2. The van der Waals surface area contributed by atoms with E-state index in [-0.39, 0.29) is 11.8 Å². The van der Waals surface area contributed by atoms with Gasteiger partial charge in [0.25, 0.3) is 5.91 Å². The smallest absolute Gasteiger partial charge is 0.255 e. The summed E-state index contributed by atoms with van der Waals surface area (Å²) in [7, 11) is 0. The number of carbonyl (C=O) groups is 2. The number of hydrogen-bond donors (Lipinski definition) is 3. The number of pyridine rings is 2. The fraction of sp³-hybridized carbons (Fsp3) is 0.0312. The zero-order valence-corrected chi connectivity index (χ0v) is 22.1. The molecule has 2 amide bonds. The van der Waals surface area contributed by atoms with Crippen molar-refractivity contribution < 1.29 is 9.59 Å². The van der Waals surface area contributed by atoms with Crippen molar-refractivity contribution in [2.75, 3.05) is 16.4 Å². The Bertz CT molecular complexity index is 1880. The van der Waals surface area contributed by atoms with Gasteiger partial charge >= 0.3 is 0 Å². The first kappa shape index (κ1) is 25.4. The molecule has 41 heavy (non-hydrogen) atoms. The van der Waals surface area contributed by atoms with E-state index in [4.69, 9.17) is 15.7 Å². The van der Waals surface area contributed by atoms with Crippen LogP contribution in [-0.4, -0.2) is 31.3 Å². The Morgan fingerprint density at radius 2 is 1.46 bits per heavy atom. The normalized spacial score (nSPS) is 10.9. The Kier molecular flexibility index (Phi) is 6.67. The number of fused-ring (bicyclic) bond motifs is 1. The van der Waals surface area contributed by atoms with Crippen molar-refractivity contribution in [1.29, 1.82) is 0 Å². The van der Waals surface area contributed by atoms with Gasteiger partial charge in [-0.25, -0.2) is 15.0 Å². The highest BCUT2D eigenvalue weighted by Gasteiger charge is 2.19. The summed E-state index contributed by atoms with van der Waals surface area (Å²) < 4.78 is 1.93. The molecule has 6 aromatic rings. The number of benzene rings is 3. The van der Waals surface area contributed by atoms with Crippen LogP contribution in [0.2, 0.25) is 0 Å². The van der Waals surface area contributed by atoms with Crippen LogP contribution in [0.3, 0.4) is 0 Å². The third-order valence-corrected chi connectivity index (χ3v) is 6.50. The summed E-state index contributed by atoms with van der Waals surface area (Å²) in [5.41, 5.74) is 12.6. The van der Waals surface area contributed by atoms with Gasteiger partial charge in [-0.2, -0.15) is 0 Å². The van der Waals surface area contributed by atoms with Crippen LogP contribution < -0.4 is 16.4 Å². The number of amides is 2. The molecule has 0 spiro atoms. The molecule has 0 atom stereocenters. The molecule has 0 saturated carbocycles. The van der Waals surface area contributed by atoms with Crippen LogP contribution in [0, 0.1) is 0 Å². The molecule has 200 valence electrons. The molecule has 0 radical (unpaired) electrons. The molecule has 3 aromatic heterocycles. The molecular formula is C32H25N7O2. The minimum absolute atomic E-state index is 0.131. The first-order chi connectivity index (χ1) is 20.0. The lowest BCUT2D eigenvalue weighted by Gasteiger charge is -2.12. The van der Waals surface area contributed by atoms with E-state index in [0.717, 1.165) is 16.9 Å². The molecule has 4 N–H and O–H groups in total. The van der Waals surface area contributed by atoms with Gasteiger partial charge in [0.2, 0.25) is 5.91 Å². The number of nitrogens with one attached hydrogen (secondary N) is 2. The quantitative estimate of drug-likeness (QED) is 0.240. The van der Waals surface area contributed by atoms with Crippen LogP contribution in [-0.2, 0) is 4.79 Å². The van der Waals surface area contributed by atoms with E-state index in [1.807, 2.05) is 95.6 Å². The minimum atomic E-state index is -0.189. The van der Waals surface area contributed by atoms with E-state index in [1.165, 1.54) is 6.92 Å². The Hall–Kier alpha value is -5.83. The topological polar surface area (TPSA) is 128 Å². The summed E-state index contributed by atoms with van der Waals surface area (Å²) in [6, 6.07) is 31.5. The van der Waals surface area contributed by atoms with Crippen molar-refractivity contribution in [3.05, 3.63) is 115 Å². The summed E-state index contributed by atoms with van der Waals surface area (Å²) in [5.74, 6) is 0.627. The van der Waals surface area contributed by atoms with Gasteiger partial charge in [0.15, 0.2) is 11.5 Å². The summed E-state index contributed by atoms with van der Waals surface area (Å²) in [6.07, 6.45) is 1.64. The number of hydrogen-bond acceptors (Lipinski definition) is 6. The number of imidazole rings is 1. The van der Waals surface area contributed by atoms with E-state index in [9.17, 15) is 9.59 Å². The van der Waals surface area contributed by atoms with Gasteiger partial charge < -0.3 is 16.4 Å². The van der Waals surface area contributed by atoms with Crippen molar-refractivity contribution in [2.24, 2.45) is 0 Å². The number of rotatable bonds is 6. The predicted molar refractivity (Wildman–Crippen MR) is 161 cm³/mol. The molecule has 0 saturated heterocycles. The second-order valence-electron chi connectivity index (χ2n) is 9.37. The molecule has 0 bridgehead atoms. The molecule has 9 nitrogen and oxygen atoms in total. The Morgan fingerprint density at radius 3 is 2.17 bits per heavy atom. The van der Waals surface area contributed by atoms with E-state index >= 15 is 0 Å². The number of anilines is 3. The molecule has 3 aromatic carbocycles. The predicted octanol–water partition coefficient (Wildman–Crippen LogP) is 5.94. The van der Waals surface area contributed by atoms with Gasteiger partial charge in [-0.15, -0.1) is 0 Å². The fourth-order valence-electron chi connectivity index (χ4n) is 4.56. The van der Waals surface area contributed by atoms with Crippen molar-refractivity contribution in [1.82, 2.24) is 19.5 Å². The Balaban J connectivity index is 1.42. The Labute approximate surface area is 235 Å². The Morgan fingerprint density at radius 1 is 0.756 bits per heavy atom. The lowest BCUT2D eigenvalue weighted by atomic mass is 10.1. The monoisotopic (exact) mass is 539 g/mol. The molecule has 3 heterocycles. The molecular weight excluding hydrogens is 514 g/mol. The first-order valence-electron chi connectivity index (χ1n) is 12.9. The van der Waals surface area contributed by atoms with Crippen molar-refractivity contribution in [3.8, 4) is 28.3 Å². The average Bonchev–Trinajstić information content (AvgIpc) is 3.37. The number of aromatic nitrogens is 4. The fourth-order valence-corrected chi connectivity index (χ4v) is 4.56. The average molecular weight is 540 g/mol. The molecule has 0 unspecified atom stereocenters. The maximum atomic E-state index is 12.6. The highest BCUT2D eigenvalue weighted by atomic mass is 16.2. The lowest BCUT2D eigenvalue weighted by Crippen LogP contribution is -2.11. The van der Waals surface area contributed by atoms with Gasteiger partial charge in [-0.3, -0.25) is 14.2 Å². The van der Waals surface area contributed by atoms with Crippen LogP contribution in [0.5, 0.6) is 0 Å². The maximum absolute atomic E-state index is 12.6. The van der Waals surface area contributed by atoms with Crippen LogP contribution >= 0.6 is 0 Å². The molecule has 0 aliphatic rings. The van der Waals surface area contributed by atoms with Crippen molar-refractivity contribution >= 4 is 40.2 Å². The zero-order chi connectivity index (χ0) is 28.3. The summed E-state index contributed by atoms with van der Waals surface area (Å²) in [6.45, 7) is 1.47.